The summed E-state index contributed by atoms with van der Waals surface area (Å²) in [6.07, 6.45) is 8.50. The molecule has 0 aromatic carbocycles. The quantitative estimate of drug-likeness (QED) is 0.770. The van der Waals surface area contributed by atoms with Crippen LogP contribution in [0.1, 0.15) is 60.1 Å². The lowest BCUT2D eigenvalue weighted by molar-refractivity contribution is 0.0922. The molecule has 1 aromatic heterocycles. The van der Waals surface area contributed by atoms with E-state index in [-0.39, 0.29) is 23.1 Å². The van der Waals surface area contributed by atoms with Crippen LogP contribution < -0.4 is 16.2 Å². The van der Waals surface area contributed by atoms with Crippen molar-refractivity contribution < 1.29 is 4.79 Å². The van der Waals surface area contributed by atoms with Crippen molar-refractivity contribution in [1.82, 2.24) is 15.6 Å². The normalized spacial score (nSPS) is 29.9. The topological polar surface area (TPSA) is 74.0 Å². The molecule has 3 aliphatic rings. The van der Waals surface area contributed by atoms with E-state index in [4.69, 9.17) is 0 Å². The molecule has 5 nitrogen and oxygen atoms in total. The fourth-order valence-corrected chi connectivity index (χ4v) is 4.28. The van der Waals surface area contributed by atoms with Crippen LogP contribution in [-0.4, -0.2) is 29.0 Å². The van der Waals surface area contributed by atoms with Gasteiger partial charge in [-0.2, -0.15) is 0 Å². The second kappa shape index (κ2) is 5.54. The molecule has 1 aliphatic carbocycles. The van der Waals surface area contributed by atoms with Gasteiger partial charge >= 0.3 is 0 Å². The lowest BCUT2D eigenvalue weighted by Gasteiger charge is -2.29. The van der Waals surface area contributed by atoms with Crippen LogP contribution in [0.25, 0.3) is 0 Å². The third-order valence-corrected chi connectivity index (χ3v) is 5.39. The van der Waals surface area contributed by atoms with E-state index in [9.17, 15) is 9.59 Å². The number of hydrogen-bond donors (Lipinski definition) is 3. The number of rotatable bonds is 2. The van der Waals surface area contributed by atoms with Gasteiger partial charge in [0.05, 0.1) is 0 Å². The first-order chi connectivity index (χ1) is 10.7. The summed E-state index contributed by atoms with van der Waals surface area (Å²) >= 11 is 0. The molecule has 118 valence electrons. The number of carbonyl (C=O) groups is 1. The van der Waals surface area contributed by atoms with Crippen LogP contribution in [0.3, 0.4) is 0 Å². The number of H-pyrrole nitrogens is 1. The molecule has 0 spiro atoms. The molecule has 3 N–H and O–H groups in total. The van der Waals surface area contributed by atoms with Gasteiger partial charge in [0, 0.05) is 23.8 Å². The predicted molar refractivity (Wildman–Crippen MR) is 84.1 cm³/mol. The number of piperidine rings is 1. The van der Waals surface area contributed by atoms with E-state index in [1.54, 1.807) is 0 Å². The zero-order valence-electron chi connectivity index (χ0n) is 12.8. The summed E-state index contributed by atoms with van der Waals surface area (Å²) in [5, 5.41) is 6.65. The summed E-state index contributed by atoms with van der Waals surface area (Å²) in [4.78, 5) is 27.6. The van der Waals surface area contributed by atoms with E-state index in [1.165, 1.54) is 12.8 Å². The maximum atomic E-state index is 12.5. The zero-order valence-corrected chi connectivity index (χ0v) is 12.8. The highest BCUT2D eigenvalue weighted by atomic mass is 16.2. The summed E-state index contributed by atoms with van der Waals surface area (Å²) < 4.78 is 0. The van der Waals surface area contributed by atoms with E-state index >= 15 is 0 Å². The molecule has 4 rings (SSSR count). The average Bonchev–Trinajstić information content (AvgIpc) is 2.85. The van der Waals surface area contributed by atoms with Gasteiger partial charge in [-0.3, -0.25) is 9.59 Å². The molecule has 22 heavy (non-hydrogen) atoms. The summed E-state index contributed by atoms with van der Waals surface area (Å²) in [6, 6.07) is 3.08. The molecule has 0 saturated carbocycles. The summed E-state index contributed by atoms with van der Waals surface area (Å²) in [6.45, 7) is 0. The number of aromatic amines is 1. The van der Waals surface area contributed by atoms with Gasteiger partial charge in [-0.25, -0.2) is 0 Å². The Morgan fingerprint density at radius 1 is 1.14 bits per heavy atom. The maximum absolute atomic E-state index is 12.5. The minimum absolute atomic E-state index is 0.196. The minimum Gasteiger partial charge on any atom is -0.349 e. The Bertz CT molecular complexity index is 640. The highest BCUT2D eigenvalue weighted by molar-refractivity contribution is 5.94. The van der Waals surface area contributed by atoms with E-state index in [0.29, 0.717) is 12.1 Å². The van der Waals surface area contributed by atoms with E-state index in [1.807, 2.05) is 6.07 Å². The van der Waals surface area contributed by atoms with Crippen LogP contribution >= 0.6 is 0 Å². The standard InChI is InChI=1S/C17H23N3O2/c21-16(19-13-8-11-5-6-12(9-13)18-11)14-7-10-3-1-2-4-15(10)20-17(14)22/h7,11-13,18H,1-6,8-9H2,(H,19,21)(H,20,22). The van der Waals surface area contributed by atoms with Crippen molar-refractivity contribution in [3.63, 3.8) is 0 Å². The van der Waals surface area contributed by atoms with Crippen molar-refractivity contribution in [3.05, 3.63) is 33.2 Å². The molecular formula is C17H23N3O2. The van der Waals surface area contributed by atoms with Crippen LogP contribution in [0.2, 0.25) is 0 Å². The number of aromatic nitrogens is 1. The monoisotopic (exact) mass is 301 g/mol. The van der Waals surface area contributed by atoms with E-state index in [0.717, 1.165) is 49.8 Å². The Balaban J connectivity index is 1.51. The number of pyridine rings is 1. The average molecular weight is 301 g/mol. The van der Waals surface area contributed by atoms with Gasteiger partial charge in [-0.1, -0.05) is 0 Å². The van der Waals surface area contributed by atoms with Gasteiger partial charge in [0.25, 0.3) is 11.5 Å². The van der Waals surface area contributed by atoms with Gasteiger partial charge in [0.2, 0.25) is 0 Å². The van der Waals surface area contributed by atoms with Crippen molar-refractivity contribution in [2.45, 2.75) is 69.5 Å². The molecule has 5 heteroatoms. The number of carbonyl (C=O) groups excluding carboxylic acids is 1. The van der Waals surface area contributed by atoms with Crippen molar-refractivity contribution in [1.29, 1.82) is 0 Å². The van der Waals surface area contributed by atoms with Crippen LogP contribution in [-0.2, 0) is 12.8 Å². The second-order valence-electron chi connectivity index (χ2n) is 7.00. The van der Waals surface area contributed by atoms with Gasteiger partial charge in [-0.05, 0) is 63.0 Å². The summed E-state index contributed by atoms with van der Waals surface area (Å²) in [7, 11) is 0. The van der Waals surface area contributed by atoms with Crippen molar-refractivity contribution >= 4 is 5.91 Å². The Kier molecular flexibility index (Phi) is 3.53. The molecule has 2 fully saturated rings. The number of hydrogen-bond acceptors (Lipinski definition) is 3. The van der Waals surface area contributed by atoms with Gasteiger partial charge in [0.15, 0.2) is 0 Å². The summed E-state index contributed by atoms with van der Waals surface area (Å²) in [5.41, 5.74) is 2.20. The molecule has 2 saturated heterocycles. The Hall–Kier alpha value is -1.62. The van der Waals surface area contributed by atoms with Crippen LogP contribution in [0.4, 0.5) is 0 Å². The molecule has 2 aliphatic heterocycles. The SMILES string of the molecule is O=C(NC1CC2CCC(C1)N2)c1cc2c([nH]c1=O)CCCC2. The first-order valence-electron chi connectivity index (χ1n) is 8.51. The molecule has 3 heterocycles. The fourth-order valence-electron chi connectivity index (χ4n) is 4.28. The van der Waals surface area contributed by atoms with E-state index < -0.39 is 0 Å². The molecule has 1 aromatic rings. The first-order valence-corrected chi connectivity index (χ1v) is 8.51. The largest absolute Gasteiger partial charge is 0.349 e. The lowest BCUT2D eigenvalue weighted by atomic mass is 9.94. The highest BCUT2D eigenvalue weighted by Gasteiger charge is 2.34. The molecule has 2 atom stereocenters. The first kappa shape index (κ1) is 14.0. The highest BCUT2D eigenvalue weighted by Crippen LogP contribution is 2.27. The third kappa shape index (κ3) is 2.58. The number of amides is 1. The van der Waals surface area contributed by atoms with Crippen LogP contribution in [0.15, 0.2) is 10.9 Å². The van der Waals surface area contributed by atoms with Crippen molar-refractivity contribution in [2.75, 3.05) is 0 Å². The second-order valence-corrected chi connectivity index (χ2v) is 7.00. The molecule has 0 radical (unpaired) electrons. The molecule has 2 bridgehead atoms. The van der Waals surface area contributed by atoms with Crippen molar-refractivity contribution in [3.8, 4) is 0 Å². The maximum Gasteiger partial charge on any atom is 0.261 e. The van der Waals surface area contributed by atoms with Gasteiger partial charge < -0.3 is 15.6 Å². The fraction of sp³-hybridized carbons (Fsp3) is 0.647. The number of fused-ring (bicyclic) bond motifs is 3. The number of aryl methyl sites for hydroxylation is 2. The smallest absolute Gasteiger partial charge is 0.261 e. The van der Waals surface area contributed by atoms with Gasteiger partial charge in [0.1, 0.15) is 5.56 Å². The lowest BCUT2D eigenvalue weighted by Crippen LogP contribution is -2.48. The van der Waals surface area contributed by atoms with Gasteiger partial charge in [-0.15, -0.1) is 0 Å². The predicted octanol–water partition coefficient (Wildman–Crippen LogP) is 1.27. The van der Waals surface area contributed by atoms with Crippen LogP contribution in [0.5, 0.6) is 0 Å². The number of nitrogens with one attached hydrogen (secondary N) is 3. The third-order valence-electron chi connectivity index (χ3n) is 5.39. The Morgan fingerprint density at radius 3 is 2.64 bits per heavy atom. The molecule has 2 unspecified atom stereocenters. The zero-order chi connectivity index (χ0) is 15.1. The molecular weight excluding hydrogens is 278 g/mol. The Labute approximate surface area is 129 Å². The van der Waals surface area contributed by atoms with E-state index in [2.05, 4.69) is 15.6 Å². The van der Waals surface area contributed by atoms with Crippen molar-refractivity contribution in [2.24, 2.45) is 0 Å². The summed E-state index contributed by atoms with van der Waals surface area (Å²) in [5.74, 6) is -0.207. The minimum atomic E-state index is -0.241. The van der Waals surface area contributed by atoms with Crippen LogP contribution in [0, 0.1) is 0 Å². The Morgan fingerprint density at radius 2 is 1.86 bits per heavy atom. The molecule has 1 amide bonds.